The van der Waals surface area contributed by atoms with Crippen molar-refractivity contribution in [3.63, 3.8) is 0 Å². The van der Waals surface area contributed by atoms with Gasteiger partial charge >= 0.3 is 17.9 Å². The first-order chi connectivity index (χ1) is 33.9. The van der Waals surface area contributed by atoms with Crippen LogP contribution in [0.1, 0.15) is 103 Å². The van der Waals surface area contributed by atoms with Crippen LogP contribution in [-0.4, -0.2) is 123 Å². The van der Waals surface area contributed by atoms with Gasteiger partial charge in [0, 0.05) is 32.2 Å². The minimum atomic E-state index is -1.82. The number of rotatable bonds is 30. The quantitative estimate of drug-likeness (QED) is 0.0386. The normalized spacial score (nSPS) is 13.8. The molecule has 2 unspecified atom stereocenters. The summed E-state index contributed by atoms with van der Waals surface area (Å²) in [5, 5.41) is 45.7. The Hall–Kier alpha value is -7.83. The number of benzene rings is 2. The van der Waals surface area contributed by atoms with Crippen LogP contribution >= 0.6 is 0 Å². The Labute approximate surface area is 417 Å². The fourth-order valence-electron chi connectivity index (χ4n) is 7.11. The molecule has 0 fully saturated rings. The molecule has 2 rings (SSSR count). The van der Waals surface area contributed by atoms with Gasteiger partial charge in [-0.3, -0.25) is 52.7 Å². The van der Waals surface area contributed by atoms with Crippen molar-refractivity contribution in [2.24, 2.45) is 11.3 Å². The molecular formula is C50H67N7O15. The average Bonchev–Trinajstić information content (AvgIpc) is 3.30. The van der Waals surface area contributed by atoms with E-state index in [2.05, 4.69) is 49.1 Å². The minimum absolute atomic E-state index is 0.0583. The second-order valence-corrected chi connectivity index (χ2v) is 18.4. The third-order valence-electron chi connectivity index (χ3n) is 10.9. The number of carboxylic acid groups (broad SMARTS) is 3. The second kappa shape index (κ2) is 30.0. The van der Waals surface area contributed by atoms with E-state index in [9.17, 15) is 63.0 Å². The molecular weight excluding hydrogens is 939 g/mol. The summed E-state index contributed by atoms with van der Waals surface area (Å²) in [6.45, 7) is 11.9. The van der Waals surface area contributed by atoms with E-state index in [1.807, 2.05) is 0 Å². The van der Waals surface area contributed by atoms with Crippen molar-refractivity contribution in [2.45, 2.75) is 149 Å². The highest BCUT2D eigenvalue weighted by molar-refractivity contribution is 5.98. The van der Waals surface area contributed by atoms with Gasteiger partial charge in [0.25, 0.3) is 12.4 Å². The molecule has 10 N–H and O–H groups in total. The Morgan fingerprint density at radius 1 is 0.653 bits per heavy atom. The highest BCUT2D eigenvalue weighted by atomic mass is 16.5. The van der Waals surface area contributed by atoms with Gasteiger partial charge in [-0.2, -0.15) is 0 Å². The highest BCUT2D eigenvalue weighted by Gasteiger charge is 2.39. The smallest absolute Gasteiger partial charge is 0.305 e. The first-order valence-electron chi connectivity index (χ1n) is 23.2. The minimum Gasteiger partial charge on any atom is -0.481 e. The Morgan fingerprint density at radius 2 is 1.22 bits per heavy atom. The number of aryl methyl sites for hydroxylation is 1. The van der Waals surface area contributed by atoms with Crippen LogP contribution in [0.5, 0.6) is 0 Å². The van der Waals surface area contributed by atoms with E-state index < -0.39 is 139 Å². The summed E-state index contributed by atoms with van der Waals surface area (Å²) in [6, 6.07) is 6.77. The summed E-state index contributed by atoms with van der Waals surface area (Å²) < 4.78 is 5.19. The molecule has 2 aromatic rings. The van der Waals surface area contributed by atoms with E-state index in [1.165, 1.54) is 6.92 Å². The van der Waals surface area contributed by atoms with Gasteiger partial charge in [-0.1, -0.05) is 89.2 Å². The number of carboxylic acids is 3. The van der Waals surface area contributed by atoms with Crippen molar-refractivity contribution in [1.82, 2.24) is 37.2 Å². The zero-order chi connectivity index (χ0) is 54.1. The lowest BCUT2D eigenvalue weighted by Gasteiger charge is -2.34. The van der Waals surface area contributed by atoms with Crippen molar-refractivity contribution in [3.8, 4) is 11.8 Å². The monoisotopic (exact) mass is 1010 g/mol. The van der Waals surface area contributed by atoms with E-state index in [0.29, 0.717) is 11.1 Å². The lowest BCUT2D eigenvalue weighted by atomic mass is 9.85. The number of carbonyl (C=O) groups excluding carboxylic acids is 8. The Kier molecular flexibility index (Phi) is 25.1. The maximum Gasteiger partial charge on any atom is 0.305 e. The molecule has 7 amide bonds. The summed E-state index contributed by atoms with van der Waals surface area (Å²) >= 11 is 0. The van der Waals surface area contributed by atoms with Gasteiger partial charge in [0.1, 0.15) is 30.2 Å². The molecule has 0 bridgehead atoms. The number of amides is 7. The molecule has 0 radical (unpaired) electrons. The van der Waals surface area contributed by atoms with Crippen molar-refractivity contribution in [3.05, 3.63) is 71.3 Å². The molecule has 392 valence electrons. The van der Waals surface area contributed by atoms with Crippen LogP contribution in [0.15, 0.2) is 54.6 Å². The average molecular weight is 1010 g/mol. The van der Waals surface area contributed by atoms with E-state index in [1.54, 1.807) is 96.1 Å². The van der Waals surface area contributed by atoms with Crippen LogP contribution in [0, 0.1) is 30.1 Å². The highest BCUT2D eigenvalue weighted by Crippen LogP contribution is 2.21. The van der Waals surface area contributed by atoms with Gasteiger partial charge in [0.05, 0.1) is 18.9 Å². The van der Waals surface area contributed by atoms with Gasteiger partial charge in [-0.05, 0) is 54.7 Å². The molecule has 0 spiro atoms. The Bertz CT molecular complexity index is 2310. The van der Waals surface area contributed by atoms with Crippen LogP contribution in [-0.2, 0) is 70.4 Å². The topological polar surface area (TPSA) is 342 Å². The Morgan fingerprint density at radius 3 is 1.79 bits per heavy atom. The maximum absolute atomic E-state index is 14.5. The van der Waals surface area contributed by atoms with Crippen LogP contribution < -0.4 is 37.2 Å². The zero-order valence-corrected chi connectivity index (χ0v) is 41.5. The molecule has 22 heteroatoms. The van der Waals surface area contributed by atoms with E-state index in [4.69, 9.17) is 9.84 Å². The number of nitrogens with one attached hydrogen (secondary N) is 7. The van der Waals surface area contributed by atoms with Crippen molar-refractivity contribution in [2.75, 3.05) is 0 Å². The molecule has 0 saturated carbocycles. The van der Waals surface area contributed by atoms with Crippen LogP contribution in [0.25, 0.3) is 0 Å². The maximum atomic E-state index is 14.5. The third-order valence-corrected chi connectivity index (χ3v) is 10.9. The molecule has 0 aliphatic rings. The summed E-state index contributed by atoms with van der Waals surface area (Å²) in [6.07, 6.45) is -5.33. The standard InChI is InChI=1S/C50H67N7O15/c1-8-9-19-33(42(72-28-58)48(70)51-27-31-16-11-10-12-17-31)53-45(67)35(24-29(2)3)56-49(71)43(50(5,6)7)57-47(69)36(25-32-18-14-13-15-30(32)4)55-44(66)34(20-22-39(60)61)54-46(68)37(26-41(64)65)52-38(59)21-23-40(62)63/h10-18,28-29,33-37,42-43H,19-27H2,1-7H3,(H,51,70)(H,52,59)(H,53,67)(H,54,68)(H,55,66)(H,56,71)(H,57,69)(H,60,61)(H,62,63)(H,64,65)/t33?,34-,35-,36-,37-,42?,43+/m0/s1. The van der Waals surface area contributed by atoms with E-state index >= 15 is 0 Å². The molecule has 2 aromatic carbocycles. The first kappa shape index (κ1) is 60.3. The Balaban J connectivity index is 2.51. The van der Waals surface area contributed by atoms with Crippen molar-refractivity contribution < 1.29 is 72.8 Å². The van der Waals surface area contributed by atoms with Gasteiger partial charge in [-0.25, -0.2) is 0 Å². The number of carbonyl (C=O) groups is 11. The first-order valence-corrected chi connectivity index (χ1v) is 23.2. The summed E-state index contributed by atoms with van der Waals surface area (Å²) in [7, 11) is 0. The third kappa shape index (κ3) is 21.9. The van der Waals surface area contributed by atoms with Crippen molar-refractivity contribution >= 4 is 65.7 Å². The molecule has 0 aliphatic carbocycles. The molecule has 0 saturated heterocycles. The largest absolute Gasteiger partial charge is 0.481 e. The summed E-state index contributed by atoms with van der Waals surface area (Å²) in [4.78, 5) is 142. The van der Waals surface area contributed by atoms with Gasteiger partial charge in [0.2, 0.25) is 41.5 Å². The van der Waals surface area contributed by atoms with Gasteiger partial charge in [0.15, 0.2) is 0 Å². The van der Waals surface area contributed by atoms with Gasteiger partial charge < -0.3 is 57.3 Å². The number of aliphatic carboxylic acids is 3. The van der Waals surface area contributed by atoms with E-state index in [-0.39, 0.29) is 38.2 Å². The van der Waals surface area contributed by atoms with Crippen LogP contribution in [0.2, 0.25) is 0 Å². The lowest BCUT2D eigenvalue weighted by molar-refractivity contribution is -0.148. The fourth-order valence-corrected chi connectivity index (χ4v) is 7.11. The predicted octanol–water partition coefficient (Wildman–Crippen LogP) is 1.01. The van der Waals surface area contributed by atoms with Crippen LogP contribution in [0.4, 0.5) is 0 Å². The number of hydrogen-bond acceptors (Lipinski definition) is 12. The summed E-state index contributed by atoms with van der Waals surface area (Å²) in [5.74, 6) is -5.53. The predicted molar refractivity (Wildman–Crippen MR) is 259 cm³/mol. The molecule has 0 heterocycles. The zero-order valence-electron chi connectivity index (χ0n) is 41.5. The summed E-state index contributed by atoms with van der Waals surface area (Å²) in [5.41, 5.74) is 0.927. The fraction of sp³-hybridized carbons (Fsp3) is 0.500. The van der Waals surface area contributed by atoms with Gasteiger partial charge in [-0.15, -0.1) is 11.8 Å². The SMILES string of the molecule is CC#CCC(NC(=O)[C@H](CC(C)C)NC(=O)[C@@H](NC(=O)[C@H](Cc1ccccc1C)NC(=O)[C@H](CCC(=O)O)NC(=O)[C@H](CC(=O)O)NC(=O)CCC(=O)O)C(C)(C)C)C(OC=O)C(=O)NCc1ccccc1. The molecule has 0 aromatic heterocycles. The molecule has 7 atom stereocenters. The number of ether oxygens (including phenoxy) is 1. The number of hydrogen-bond donors (Lipinski definition) is 10. The molecule has 0 aliphatic heterocycles. The second-order valence-electron chi connectivity index (χ2n) is 18.4. The molecule has 22 nitrogen and oxygen atoms in total. The van der Waals surface area contributed by atoms with Crippen molar-refractivity contribution in [1.29, 1.82) is 0 Å². The van der Waals surface area contributed by atoms with E-state index in [0.717, 1.165) is 5.56 Å². The lowest BCUT2D eigenvalue weighted by Crippen LogP contribution is -2.62. The molecule has 72 heavy (non-hydrogen) atoms. The van der Waals surface area contributed by atoms with Crippen LogP contribution in [0.3, 0.4) is 0 Å².